The molecule has 7 nitrogen and oxygen atoms in total. The summed E-state index contributed by atoms with van der Waals surface area (Å²) in [5, 5.41) is 0.449. The molecular formula is C25H21ClN2O5S. The van der Waals surface area contributed by atoms with Gasteiger partial charge >= 0.3 is 5.97 Å². The highest BCUT2D eigenvalue weighted by Gasteiger charge is 2.34. The topological polar surface area (TPSA) is 79.1 Å². The van der Waals surface area contributed by atoms with Gasteiger partial charge in [-0.2, -0.15) is 0 Å². The summed E-state index contributed by atoms with van der Waals surface area (Å²) in [6.07, 6.45) is 1.79. The van der Waals surface area contributed by atoms with Crippen LogP contribution in [0.5, 0.6) is 11.5 Å². The number of carbonyl (C=O) groups is 1. The molecule has 0 spiro atoms. The van der Waals surface area contributed by atoms with E-state index >= 15 is 0 Å². The molecule has 174 valence electrons. The highest BCUT2D eigenvalue weighted by molar-refractivity contribution is 7.07. The zero-order valence-corrected chi connectivity index (χ0v) is 20.1. The summed E-state index contributed by atoms with van der Waals surface area (Å²) in [5.74, 6) is 0.801. The molecule has 3 heterocycles. The average molecular weight is 497 g/mol. The van der Waals surface area contributed by atoms with Gasteiger partial charge in [0.1, 0.15) is 19.3 Å². The van der Waals surface area contributed by atoms with Gasteiger partial charge in [-0.15, -0.1) is 0 Å². The van der Waals surface area contributed by atoms with Crippen molar-refractivity contribution in [2.45, 2.75) is 19.9 Å². The van der Waals surface area contributed by atoms with Crippen molar-refractivity contribution in [1.82, 2.24) is 4.57 Å². The molecule has 1 aromatic heterocycles. The second-order valence-electron chi connectivity index (χ2n) is 7.73. The number of esters is 1. The van der Waals surface area contributed by atoms with E-state index in [1.165, 1.54) is 15.9 Å². The Labute approximate surface area is 204 Å². The number of halogens is 1. The monoisotopic (exact) mass is 496 g/mol. The summed E-state index contributed by atoms with van der Waals surface area (Å²) in [5.41, 5.74) is 1.96. The van der Waals surface area contributed by atoms with Crippen molar-refractivity contribution in [3.05, 3.63) is 89.6 Å². The van der Waals surface area contributed by atoms with E-state index < -0.39 is 12.0 Å². The van der Waals surface area contributed by atoms with Crippen LogP contribution in [0.25, 0.3) is 6.08 Å². The van der Waals surface area contributed by atoms with E-state index in [0.29, 0.717) is 55.9 Å². The molecule has 0 aliphatic carbocycles. The summed E-state index contributed by atoms with van der Waals surface area (Å²) in [4.78, 5) is 31.6. The van der Waals surface area contributed by atoms with E-state index in [-0.39, 0.29) is 12.2 Å². The smallest absolute Gasteiger partial charge is 0.338 e. The molecular weight excluding hydrogens is 476 g/mol. The van der Waals surface area contributed by atoms with Crippen molar-refractivity contribution >= 4 is 35.0 Å². The lowest BCUT2D eigenvalue weighted by atomic mass is 9.96. The third-order valence-corrected chi connectivity index (χ3v) is 6.91. The molecule has 2 aliphatic rings. The molecule has 0 radical (unpaired) electrons. The fourth-order valence-electron chi connectivity index (χ4n) is 4.08. The van der Waals surface area contributed by atoms with Crippen molar-refractivity contribution in [2.75, 3.05) is 19.8 Å². The molecule has 0 unspecified atom stereocenters. The number of nitrogens with zero attached hydrogens (tertiary/aromatic N) is 2. The van der Waals surface area contributed by atoms with Gasteiger partial charge in [0, 0.05) is 5.02 Å². The summed E-state index contributed by atoms with van der Waals surface area (Å²) >= 11 is 7.78. The highest BCUT2D eigenvalue weighted by Crippen LogP contribution is 2.34. The van der Waals surface area contributed by atoms with E-state index in [1.807, 2.05) is 30.3 Å². The van der Waals surface area contributed by atoms with Crippen molar-refractivity contribution in [3.8, 4) is 11.5 Å². The van der Waals surface area contributed by atoms with Gasteiger partial charge in [-0.05, 0) is 49.2 Å². The zero-order valence-electron chi connectivity index (χ0n) is 18.5. The van der Waals surface area contributed by atoms with Gasteiger partial charge in [0.2, 0.25) is 0 Å². The Balaban J connectivity index is 1.70. The molecule has 0 amide bonds. The number of allylic oxidation sites excluding steroid dienone is 1. The lowest BCUT2D eigenvalue weighted by Gasteiger charge is -2.25. The minimum atomic E-state index is -0.744. The van der Waals surface area contributed by atoms with Gasteiger partial charge in [0.25, 0.3) is 5.56 Å². The Kier molecular flexibility index (Phi) is 6.02. The zero-order chi connectivity index (χ0) is 23.8. The van der Waals surface area contributed by atoms with Crippen LogP contribution in [0.2, 0.25) is 5.02 Å². The van der Waals surface area contributed by atoms with Gasteiger partial charge in [-0.1, -0.05) is 47.2 Å². The number of hydrogen-bond acceptors (Lipinski definition) is 7. The molecule has 3 aromatic rings. The summed E-state index contributed by atoms with van der Waals surface area (Å²) in [6, 6.07) is 12.0. The van der Waals surface area contributed by atoms with Crippen molar-refractivity contribution in [3.63, 3.8) is 0 Å². The first-order valence-corrected chi connectivity index (χ1v) is 12.0. The number of hydrogen-bond donors (Lipinski definition) is 0. The van der Waals surface area contributed by atoms with Gasteiger partial charge in [0.15, 0.2) is 16.3 Å². The van der Waals surface area contributed by atoms with E-state index in [2.05, 4.69) is 4.99 Å². The van der Waals surface area contributed by atoms with Crippen LogP contribution in [-0.4, -0.2) is 30.4 Å². The second-order valence-corrected chi connectivity index (χ2v) is 9.14. The number of aromatic nitrogens is 1. The van der Waals surface area contributed by atoms with Crippen molar-refractivity contribution in [1.29, 1.82) is 0 Å². The van der Waals surface area contributed by atoms with Crippen molar-refractivity contribution in [2.24, 2.45) is 4.99 Å². The lowest BCUT2D eigenvalue weighted by molar-refractivity contribution is -0.139. The fourth-order valence-corrected chi connectivity index (χ4v) is 5.37. The van der Waals surface area contributed by atoms with Crippen LogP contribution < -0.4 is 24.4 Å². The Morgan fingerprint density at radius 1 is 1.24 bits per heavy atom. The van der Waals surface area contributed by atoms with E-state index in [1.54, 1.807) is 32.1 Å². The molecule has 0 saturated carbocycles. The maximum Gasteiger partial charge on any atom is 0.338 e. The molecule has 5 rings (SSSR count). The van der Waals surface area contributed by atoms with Crippen LogP contribution in [0.1, 0.15) is 31.0 Å². The molecule has 0 fully saturated rings. The van der Waals surface area contributed by atoms with Crippen LogP contribution in [-0.2, 0) is 9.53 Å². The van der Waals surface area contributed by atoms with Gasteiger partial charge in [0.05, 0.1) is 22.4 Å². The van der Waals surface area contributed by atoms with Gasteiger partial charge < -0.3 is 14.2 Å². The largest absolute Gasteiger partial charge is 0.486 e. The van der Waals surface area contributed by atoms with E-state index in [9.17, 15) is 9.59 Å². The molecule has 2 aromatic carbocycles. The minimum absolute atomic E-state index is 0.208. The first kappa shape index (κ1) is 22.4. The summed E-state index contributed by atoms with van der Waals surface area (Å²) in [7, 11) is 0. The van der Waals surface area contributed by atoms with Crippen LogP contribution in [0.3, 0.4) is 0 Å². The SMILES string of the molecule is CCOC(=O)C1=C(C)N=c2s/c(=C\c3ccc4c(c3)OCCO4)c(=O)n2[C@@H]1c1ccccc1Cl. The molecule has 1 atom stereocenters. The van der Waals surface area contributed by atoms with E-state index in [4.69, 9.17) is 25.8 Å². The molecule has 0 N–H and O–H groups in total. The molecule has 0 bridgehead atoms. The predicted molar refractivity (Wildman–Crippen MR) is 129 cm³/mol. The summed E-state index contributed by atoms with van der Waals surface area (Å²) < 4.78 is 18.6. The Morgan fingerprint density at radius 3 is 2.76 bits per heavy atom. The number of benzene rings is 2. The van der Waals surface area contributed by atoms with Gasteiger partial charge in [-0.25, -0.2) is 9.79 Å². The quantitative estimate of drug-likeness (QED) is 0.518. The number of rotatable bonds is 4. The molecule has 0 saturated heterocycles. The lowest BCUT2D eigenvalue weighted by Crippen LogP contribution is -2.40. The van der Waals surface area contributed by atoms with Crippen LogP contribution in [0.4, 0.5) is 0 Å². The first-order valence-electron chi connectivity index (χ1n) is 10.8. The van der Waals surface area contributed by atoms with Crippen LogP contribution in [0, 0.1) is 0 Å². The molecule has 9 heteroatoms. The standard InChI is InChI=1S/C25H21ClN2O5S/c1-3-31-24(30)21-14(2)27-25-28(22(21)16-6-4-5-7-17(16)26)23(29)20(34-25)13-15-8-9-18-19(12-15)33-11-10-32-18/h4-9,12-13,22H,3,10-11H2,1-2H3/b20-13-/t22-/m1/s1. The molecule has 2 aliphatic heterocycles. The number of fused-ring (bicyclic) bond motifs is 2. The normalized spacial score (nSPS) is 17.3. The summed E-state index contributed by atoms with van der Waals surface area (Å²) in [6.45, 7) is 4.68. The first-order chi connectivity index (χ1) is 16.5. The number of thiazole rings is 1. The van der Waals surface area contributed by atoms with E-state index in [0.717, 1.165) is 5.56 Å². The predicted octanol–water partition coefficient (Wildman–Crippen LogP) is 3.22. The average Bonchev–Trinajstić information content (AvgIpc) is 3.13. The third-order valence-electron chi connectivity index (χ3n) is 5.58. The minimum Gasteiger partial charge on any atom is -0.486 e. The van der Waals surface area contributed by atoms with Gasteiger partial charge in [-0.3, -0.25) is 9.36 Å². The maximum atomic E-state index is 13.6. The fraction of sp³-hybridized carbons (Fsp3) is 0.240. The van der Waals surface area contributed by atoms with Crippen LogP contribution in [0.15, 0.2) is 63.5 Å². The Hall–Kier alpha value is -3.36. The Bertz CT molecular complexity index is 1500. The number of ether oxygens (including phenoxy) is 3. The van der Waals surface area contributed by atoms with Crippen LogP contribution >= 0.6 is 22.9 Å². The third kappa shape index (κ3) is 3.93. The maximum absolute atomic E-state index is 13.6. The molecule has 34 heavy (non-hydrogen) atoms. The number of carbonyl (C=O) groups excluding carboxylic acids is 1. The highest BCUT2D eigenvalue weighted by atomic mass is 35.5. The second kappa shape index (κ2) is 9.12. The van der Waals surface area contributed by atoms with Crippen molar-refractivity contribution < 1.29 is 19.0 Å². The Morgan fingerprint density at radius 2 is 2.00 bits per heavy atom.